The predicted octanol–water partition coefficient (Wildman–Crippen LogP) is 1.27. The highest BCUT2D eigenvalue weighted by molar-refractivity contribution is 6.08. The first kappa shape index (κ1) is 10.2. The quantitative estimate of drug-likeness (QED) is 0.675. The molecular formula is C9H10AlNO2. The van der Waals surface area contributed by atoms with Gasteiger partial charge in [0.05, 0.1) is 0 Å². The van der Waals surface area contributed by atoms with Gasteiger partial charge in [-0.3, -0.25) is 0 Å². The predicted molar refractivity (Wildman–Crippen MR) is 49.4 cm³/mol. The van der Waals surface area contributed by atoms with E-state index in [2.05, 4.69) is 15.7 Å². The standard InChI is InChI=1S/C9H11NO2.Al/c1-2-4-7-5-3-6-8(10-7)9(11)12;/h3,5-6H,2,4H2,1H3,(H,11,12);/q;+1/p-1. The number of rotatable bonds is 3. The van der Waals surface area contributed by atoms with Gasteiger partial charge in [-0.05, 0) is 18.6 Å². The summed E-state index contributed by atoms with van der Waals surface area (Å²) in [6.45, 7) is 2.07. The minimum absolute atomic E-state index is 0.362. The Morgan fingerprint density at radius 2 is 2.38 bits per heavy atom. The molecule has 0 amide bonds. The van der Waals surface area contributed by atoms with Gasteiger partial charge < -0.3 is 3.79 Å². The first-order valence-corrected chi connectivity index (χ1v) is 4.62. The normalized spacial score (nSPS) is 9.62. The average Bonchev–Trinajstić information content (AvgIpc) is 2.18. The van der Waals surface area contributed by atoms with Crippen LogP contribution in [0.15, 0.2) is 18.2 Å². The third kappa shape index (κ3) is 2.84. The number of pyridine rings is 1. The lowest BCUT2D eigenvalue weighted by Crippen LogP contribution is -2.06. The molecule has 0 fully saturated rings. The van der Waals surface area contributed by atoms with Gasteiger partial charge in [-0.25, -0.2) is 9.78 Å². The molecule has 1 aromatic heterocycles. The lowest BCUT2D eigenvalue weighted by Gasteiger charge is -2.02. The molecule has 0 bridgehead atoms. The zero-order valence-electron chi connectivity index (χ0n) is 7.49. The van der Waals surface area contributed by atoms with Crippen molar-refractivity contribution in [1.82, 2.24) is 4.98 Å². The molecule has 1 rings (SSSR count). The van der Waals surface area contributed by atoms with Crippen molar-refractivity contribution < 1.29 is 8.58 Å². The second kappa shape index (κ2) is 5.01. The largest absolute Gasteiger partial charge is 0.623 e. The maximum atomic E-state index is 11.1. The SMILES string of the molecule is CCCc1cccc(C(=O)[O][Al])n1. The fourth-order valence-corrected chi connectivity index (χ4v) is 1.17. The molecule has 0 saturated carbocycles. The lowest BCUT2D eigenvalue weighted by molar-refractivity contribution is 0.0743. The van der Waals surface area contributed by atoms with Crippen LogP contribution in [0.5, 0.6) is 0 Å². The van der Waals surface area contributed by atoms with Crippen LogP contribution in [0, 0.1) is 0 Å². The molecule has 13 heavy (non-hydrogen) atoms. The highest BCUT2D eigenvalue weighted by Crippen LogP contribution is 2.03. The monoisotopic (exact) mass is 191 g/mol. The van der Waals surface area contributed by atoms with Crippen molar-refractivity contribution in [3.63, 3.8) is 0 Å². The summed E-state index contributed by atoms with van der Waals surface area (Å²) in [5.41, 5.74) is 1.29. The van der Waals surface area contributed by atoms with Crippen molar-refractivity contribution in [2.24, 2.45) is 0 Å². The Hall–Kier alpha value is -0.848. The van der Waals surface area contributed by atoms with E-state index in [0.717, 1.165) is 18.5 Å². The van der Waals surface area contributed by atoms with E-state index in [0.29, 0.717) is 5.69 Å². The number of nitrogens with zero attached hydrogens (tertiary/aromatic N) is 1. The molecule has 2 radical (unpaired) electrons. The summed E-state index contributed by atoms with van der Waals surface area (Å²) >= 11 is 1.92. The van der Waals surface area contributed by atoms with Gasteiger partial charge in [-0.15, -0.1) is 0 Å². The molecule has 3 nitrogen and oxygen atoms in total. The van der Waals surface area contributed by atoms with Gasteiger partial charge in [0, 0.05) is 5.69 Å². The molecule has 0 aliphatic carbocycles. The van der Waals surface area contributed by atoms with Crippen molar-refractivity contribution in [2.75, 3.05) is 0 Å². The fourth-order valence-electron chi connectivity index (χ4n) is 1.05. The van der Waals surface area contributed by atoms with E-state index in [4.69, 9.17) is 0 Å². The maximum absolute atomic E-state index is 11.1. The molecular weight excluding hydrogens is 181 g/mol. The highest BCUT2D eigenvalue weighted by Gasteiger charge is 2.05. The Morgan fingerprint density at radius 3 is 3.00 bits per heavy atom. The van der Waals surface area contributed by atoms with Gasteiger partial charge >= 0.3 is 22.6 Å². The van der Waals surface area contributed by atoms with Crippen molar-refractivity contribution >= 4 is 22.6 Å². The number of hydrogen-bond donors (Lipinski definition) is 0. The number of aromatic nitrogens is 1. The van der Waals surface area contributed by atoms with Crippen LogP contribution in [0.4, 0.5) is 0 Å². The van der Waals surface area contributed by atoms with E-state index >= 15 is 0 Å². The molecule has 1 aromatic rings. The van der Waals surface area contributed by atoms with E-state index < -0.39 is 5.97 Å². The summed E-state index contributed by atoms with van der Waals surface area (Å²) in [5, 5.41) is 0. The fraction of sp³-hybridized carbons (Fsp3) is 0.333. The smallest absolute Gasteiger partial charge is 0.485 e. The molecule has 4 heteroatoms. The highest BCUT2D eigenvalue weighted by atomic mass is 27.1. The molecule has 0 aromatic carbocycles. The van der Waals surface area contributed by atoms with Crippen LogP contribution in [0.3, 0.4) is 0 Å². The van der Waals surface area contributed by atoms with Crippen LogP contribution >= 0.6 is 0 Å². The van der Waals surface area contributed by atoms with Crippen LogP contribution in [-0.4, -0.2) is 27.6 Å². The summed E-state index contributed by atoms with van der Waals surface area (Å²) in [5.74, 6) is -0.414. The summed E-state index contributed by atoms with van der Waals surface area (Å²) in [6, 6.07) is 5.36. The molecule has 0 N–H and O–H groups in total. The zero-order valence-corrected chi connectivity index (χ0v) is 8.64. The second-order valence-corrected chi connectivity index (χ2v) is 2.91. The molecule has 0 saturated heterocycles. The zero-order chi connectivity index (χ0) is 9.68. The molecule has 66 valence electrons. The summed E-state index contributed by atoms with van der Waals surface area (Å²) in [6.07, 6.45) is 1.91. The van der Waals surface area contributed by atoms with Crippen LogP contribution in [-0.2, 0) is 10.2 Å². The van der Waals surface area contributed by atoms with Crippen LogP contribution < -0.4 is 0 Å². The van der Waals surface area contributed by atoms with Gasteiger partial charge in [0.2, 0.25) is 0 Å². The Bertz CT molecular complexity index is 301. The number of aryl methyl sites for hydroxylation is 1. The Morgan fingerprint density at radius 1 is 1.62 bits per heavy atom. The van der Waals surface area contributed by atoms with Gasteiger partial charge in [0.15, 0.2) is 0 Å². The van der Waals surface area contributed by atoms with Crippen molar-refractivity contribution in [3.8, 4) is 0 Å². The Balaban J connectivity index is 2.85. The van der Waals surface area contributed by atoms with Crippen LogP contribution in [0.25, 0.3) is 0 Å². The summed E-state index contributed by atoms with van der Waals surface area (Å²) < 4.78 is 4.48. The first-order valence-electron chi connectivity index (χ1n) is 4.15. The summed E-state index contributed by atoms with van der Waals surface area (Å²) in [4.78, 5) is 15.2. The van der Waals surface area contributed by atoms with Crippen molar-refractivity contribution in [1.29, 1.82) is 0 Å². The second-order valence-electron chi connectivity index (χ2n) is 2.67. The third-order valence-corrected chi connectivity index (χ3v) is 1.84. The number of carbonyl (C=O) groups is 1. The van der Waals surface area contributed by atoms with Crippen molar-refractivity contribution in [2.45, 2.75) is 19.8 Å². The summed E-state index contributed by atoms with van der Waals surface area (Å²) in [7, 11) is 0. The minimum Gasteiger partial charge on any atom is -0.623 e. The number of carbonyl (C=O) groups excluding carboxylic acids is 1. The van der Waals surface area contributed by atoms with E-state index in [-0.39, 0.29) is 0 Å². The van der Waals surface area contributed by atoms with Gasteiger partial charge in [-0.1, -0.05) is 19.4 Å². The third-order valence-electron chi connectivity index (χ3n) is 1.63. The molecule has 0 aliphatic rings. The first-order chi connectivity index (χ1) is 6.27. The van der Waals surface area contributed by atoms with E-state index in [1.807, 2.05) is 28.8 Å². The van der Waals surface area contributed by atoms with E-state index in [1.54, 1.807) is 6.07 Å². The Labute approximate surface area is 85.9 Å². The molecule has 0 unspecified atom stereocenters. The van der Waals surface area contributed by atoms with E-state index in [1.165, 1.54) is 0 Å². The maximum Gasteiger partial charge on any atom is 0.485 e. The average molecular weight is 191 g/mol. The molecule has 0 aliphatic heterocycles. The van der Waals surface area contributed by atoms with Crippen LogP contribution in [0.2, 0.25) is 0 Å². The molecule has 0 spiro atoms. The van der Waals surface area contributed by atoms with Gasteiger partial charge in [0.25, 0.3) is 0 Å². The topological polar surface area (TPSA) is 39.2 Å². The van der Waals surface area contributed by atoms with Crippen molar-refractivity contribution in [3.05, 3.63) is 29.6 Å². The minimum atomic E-state index is -0.414. The molecule has 0 atom stereocenters. The van der Waals surface area contributed by atoms with Gasteiger partial charge in [-0.2, -0.15) is 0 Å². The lowest BCUT2D eigenvalue weighted by atomic mass is 10.2. The van der Waals surface area contributed by atoms with E-state index in [9.17, 15) is 4.79 Å². The molecule has 1 heterocycles. The van der Waals surface area contributed by atoms with Crippen LogP contribution in [0.1, 0.15) is 29.5 Å². The number of hydrogen-bond acceptors (Lipinski definition) is 3. The Kier molecular flexibility index (Phi) is 3.94. The van der Waals surface area contributed by atoms with Gasteiger partial charge in [0.1, 0.15) is 5.69 Å².